The summed E-state index contributed by atoms with van der Waals surface area (Å²) in [4.78, 5) is 38.5. The fourth-order valence-electron chi connectivity index (χ4n) is 4.13. The third-order valence-corrected chi connectivity index (χ3v) is 6.30. The van der Waals surface area contributed by atoms with Crippen molar-refractivity contribution in [2.45, 2.75) is 25.2 Å². The van der Waals surface area contributed by atoms with Crippen LogP contribution in [0, 0.1) is 0 Å². The van der Waals surface area contributed by atoms with Gasteiger partial charge in [0.15, 0.2) is 11.4 Å². The van der Waals surface area contributed by atoms with E-state index in [1.807, 2.05) is 0 Å². The summed E-state index contributed by atoms with van der Waals surface area (Å²) in [6.45, 7) is 1.27. The van der Waals surface area contributed by atoms with Gasteiger partial charge >= 0.3 is 12.2 Å². The molecule has 13 heteroatoms. The van der Waals surface area contributed by atoms with Gasteiger partial charge < -0.3 is 27.2 Å². The van der Waals surface area contributed by atoms with E-state index in [9.17, 15) is 32.7 Å². The number of quaternary nitrogens is 1. The summed E-state index contributed by atoms with van der Waals surface area (Å²) >= 11 is 0. The highest BCUT2D eigenvalue weighted by atomic mass is 19.4. The van der Waals surface area contributed by atoms with Crippen LogP contribution in [0.4, 0.5) is 29.3 Å². The van der Waals surface area contributed by atoms with Gasteiger partial charge in [-0.1, -0.05) is 12.1 Å². The predicted molar refractivity (Wildman–Crippen MR) is 131 cm³/mol. The summed E-state index contributed by atoms with van der Waals surface area (Å²) in [6.07, 6.45) is -4.06. The van der Waals surface area contributed by atoms with Gasteiger partial charge in [0.25, 0.3) is 5.91 Å². The quantitative estimate of drug-likeness (QED) is 0.276. The van der Waals surface area contributed by atoms with Gasteiger partial charge in [0, 0.05) is 31.7 Å². The number of nitrogens with two attached hydrogens (primary N) is 2. The van der Waals surface area contributed by atoms with Crippen molar-refractivity contribution < 1.29 is 32.7 Å². The number of likely N-dealkylation sites (tertiary alicyclic amines) is 1. The highest BCUT2D eigenvalue weighted by molar-refractivity contribution is 6.01. The second-order valence-corrected chi connectivity index (χ2v) is 9.35. The number of nitrogens with one attached hydrogen (secondary N) is 2. The summed E-state index contributed by atoms with van der Waals surface area (Å²) in [6, 6.07) is 7.14. The molecule has 0 aliphatic carbocycles. The molecule has 200 valence electrons. The number of phenolic OH excluding ortho intramolecular Hbond substituents is 1. The largest absolute Gasteiger partial charge is 0.503 e. The van der Waals surface area contributed by atoms with Crippen molar-refractivity contribution in [1.29, 1.82) is 0 Å². The lowest BCUT2D eigenvalue weighted by atomic mass is 10.1. The van der Waals surface area contributed by atoms with Crippen LogP contribution in [0.25, 0.3) is 0 Å². The van der Waals surface area contributed by atoms with E-state index in [2.05, 4.69) is 15.5 Å². The molecule has 1 saturated heterocycles. The normalized spacial score (nSPS) is 16.4. The zero-order chi connectivity index (χ0) is 27.5. The molecule has 2 aromatic carbocycles. The highest BCUT2D eigenvalue weighted by Gasteiger charge is 2.34. The van der Waals surface area contributed by atoms with E-state index in [0.717, 1.165) is 23.8 Å². The third-order valence-electron chi connectivity index (χ3n) is 6.30. The Morgan fingerprint density at radius 1 is 1.19 bits per heavy atom. The van der Waals surface area contributed by atoms with Crippen LogP contribution in [-0.4, -0.2) is 67.6 Å². The number of halogens is 3. The zero-order valence-corrected chi connectivity index (χ0v) is 20.4. The number of amides is 4. The first-order valence-corrected chi connectivity index (χ1v) is 11.4. The maximum Gasteiger partial charge on any atom is 0.418 e. The number of hydrogen-bond acceptors (Lipinski definition) is 6. The molecule has 10 nitrogen and oxygen atoms in total. The van der Waals surface area contributed by atoms with Crippen molar-refractivity contribution in [1.82, 2.24) is 20.0 Å². The maximum atomic E-state index is 13.0. The van der Waals surface area contributed by atoms with Crippen molar-refractivity contribution in [3.63, 3.8) is 0 Å². The summed E-state index contributed by atoms with van der Waals surface area (Å²) in [5.74, 6) is -1.42. The van der Waals surface area contributed by atoms with E-state index in [-0.39, 0.29) is 21.8 Å². The van der Waals surface area contributed by atoms with Gasteiger partial charge in [-0.05, 0) is 30.2 Å². The van der Waals surface area contributed by atoms with Crippen molar-refractivity contribution in [3.8, 4) is 5.75 Å². The number of anilines is 1. The number of primary amides is 1. The van der Waals surface area contributed by atoms with E-state index in [1.54, 1.807) is 26.2 Å². The molecule has 0 spiro atoms. The number of alkyl halides is 3. The molecular formula is C24H30F3N6O4+. The number of hydrogen-bond donors (Lipinski definition) is 5. The van der Waals surface area contributed by atoms with Crippen LogP contribution >= 0.6 is 0 Å². The molecule has 1 aliphatic rings. The minimum absolute atomic E-state index is 0.0481. The molecule has 7 N–H and O–H groups in total. The first-order chi connectivity index (χ1) is 17.2. The number of carbonyl (C=O) groups excluding carboxylic acids is 3. The molecule has 4 amide bonds. The molecule has 2 aromatic rings. The number of nitrogens with zero attached hydrogens (tertiary/aromatic N) is 2. The predicted octanol–water partition coefficient (Wildman–Crippen LogP) is 1.76. The summed E-state index contributed by atoms with van der Waals surface area (Å²) < 4.78 is 38.7. The van der Waals surface area contributed by atoms with Crippen molar-refractivity contribution in [2.75, 3.05) is 39.5 Å². The second-order valence-electron chi connectivity index (χ2n) is 9.35. The van der Waals surface area contributed by atoms with Crippen LogP contribution in [-0.2, 0) is 17.5 Å². The SMILES string of the molecule is C[N+](C)(C(N)=O)c1cc(CN2CC[C@@H](NC(=O)CNC(=O)c3cccc(C(F)(F)F)c3N)C2)ccc1O. The Morgan fingerprint density at radius 2 is 1.89 bits per heavy atom. The Hall–Kier alpha value is -3.84. The van der Waals surface area contributed by atoms with Crippen LogP contribution in [0.5, 0.6) is 5.75 Å². The Kier molecular flexibility index (Phi) is 7.98. The van der Waals surface area contributed by atoms with Gasteiger partial charge in [0.05, 0.1) is 37.5 Å². The van der Waals surface area contributed by atoms with E-state index in [4.69, 9.17) is 11.5 Å². The van der Waals surface area contributed by atoms with E-state index in [0.29, 0.717) is 31.7 Å². The minimum Gasteiger partial charge on any atom is -0.503 e. The maximum absolute atomic E-state index is 13.0. The number of urea groups is 1. The smallest absolute Gasteiger partial charge is 0.418 e. The van der Waals surface area contributed by atoms with Gasteiger partial charge in [0.2, 0.25) is 5.91 Å². The molecule has 0 radical (unpaired) electrons. The molecule has 0 unspecified atom stereocenters. The number of nitrogen functional groups attached to an aromatic ring is 1. The lowest BCUT2D eigenvalue weighted by Crippen LogP contribution is -2.50. The molecule has 0 aromatic heterocycles. The number of rotatable bonds is 7. The van der Waals surface area contributed by atoms with Crippen LogP contribution in [0.3, 0.4) is 0 Å². The fraction of sp³-hybridized carbons (Fsp3) is 0.375. The molecular weight excluding hydrogens is 493 g/mol. The van der Waals surface area contributed by atoms with Gasteiger partial charge in [-0.25, -0.2) is 9.28 Å². The standard InChI is InChI=1S/C24H29F3N6O4/c1-33(2,23(29)37)18-10-14(6-7-19(18)34)12-32-9-8-15(13-32)31-20(35)11-30-22(36)16-4-3-5-17(21(16)28)24(25,26)27/h3-7,10,15H,8-9,11-13H2,1-2H3,(H6-,28,29,30,31,34,35,36,37)/p+1/t15-/m1/s1. The molecule has 1 fully saturated rings. The average molecular weight is 524 g/mol. The number of phenols is 1. The molecule has 3 rings (SSSR count). The van der Waals surface area contributed by atoms with Gasteiger partial charge in [-0.2, -0.15) is 13.2 Å². The van der Waals surface area contributed by atoms with Crippen LogP contribution < -0.4 is 26.6 Å². The number of para-hydroxylation sites is 1. The van der Waals surface area contributed by atoms with Gasteiger partial charge in [-0.3, -0.25) is 14.5 Å². The van der Waals surface area contributed by atoms with E-state index >= 15 is 0 Å². The van der Waals surface area contributed by atoms with Crippen molar-refractivity contribution in [3.05, 3.63) is 53.1 Å². The van der Waals surface area contributed by atoms with Crippen molar-refractivity contribution >= 4 is 29.2 Å². The zero-order valence-electron chi connectivity index (χ0n) is 20.4. The monoisotopic (exact) mass is 523 g/mol. The van der Waals surface area contributed by atoms with Gasteiger partial charge in [0.1, 0.15) is 0 Å². The first kappa shape index (κ1) is 27.7. The molecule has 1 heterocycles. The number of benzene rings is 2. The lowest BCUT2D eigenvalue weighted by molar-refractivity contribution is -0.137. The fourth-order valence-corrected chi connectivity index (χ4v) is 4.13. The average Bonchev–Trinajstić information content (AvgIpc) is 3.24. The second kappa shape index (κ2) is 10.6. The third kappa shape index (κ3) is 6.49. The molecule has 1 aliphatic heterocycles. The molecule has 0 saturated carbocycles. The van der Waals surface area contributed by atoms with Gasteiger partial charge in [-0.15, -0.1) is 0 Å². The van der Waals surface area contributed by atoms with Crippen LogP contribution in [0.2, 0.25) is 0 Å². The van der Waals surface area contributed by atoms with Crippen LogP contribution in [0.15, 0.2) is 36.4 Å². The Balaban J connectivity index is 1.53. The topological polar surface area (TPSA) is 151 Å². The molecule has 37 heavy (non-hydrogen) atoms. The highest BCUT2D eigenvalue weighted by Crippen LogP contribution is 2.35. The minimum atomic E-state index is -4.70. The Bertz CT molecular complexity index is 1200. The Morgan fingerprint density at radius 3 is 2.54 bits per heavy atom. The van der Waals surface area contributed by atoms with E-state index in [1.165, 1.54) is 6.07 Å². The molecule has 1 atom stereocenters. The summed E-state index contributed by atoms with van der Waals surface area (Å²) in [7, 11) is 3.14. The molecule has 0 bridgehead atoms. The van der Waals surface area contributed by atoms with E-state index < -0.39 is 41.8 Å². The number of carbonyl (C=O) groups is 3. The summed E-state index contributed by atoms with van der Waals surface area (Å²) in [5, 5.41) is 15.3. The first-order valence-electron chi connectivity index (χ1n) is 11.4. The Labute approximate surface area is 211 Å². The lowest BCUT2D eigenvalue weighted by Gasteiger charge is -2.25. The number of aromatic hydroxyl groups is 1. The van der Waals surface area contributed by atoms with Crippen LogP contribution in [0.1, 0.15) is 27.9 Å². The summed E-state index contributed by atoms with van der Waals surface area (Å²) in [5.41, 5.74) is 10.0. The van der Waals surface area contributed by atoms with Crippen molar-refractivity contribution in [2.24, 2.45) is 5.73 Å².